The van der Waals surface area contributed by atoms with Crippen LogP contribution in [0.4, 0.5) is 5.69 Å². The van der Waals surface area contributed by atoms with E-state index in [1.54, 1.807) is 13.2 Å². The fraction of sp³-hybridized carbons (Fsp3) is 0.182. The molecule has 0 fully saturated rings. The van der Waals surface area contributed by atoms with Crippen molar-refractivity contribution < 1.29 is 13.9 Å². The van der Waals surface area contributed by atoms with Gasteiger partial charge in [0.2, 0.25) is 5.91 Å². The van der Waals surface area contributed by atoms with E-state index in [1.165, 1.54) is 11.5 Å². The molecule has 0 radical (unpaired) electrons. The number of benzene rings is 2. The van der Waals surface area contributed by atoms with Gasteiger partial charge >= 0.3 is 5.63 Å². The van der Waals surface area contributed by atoms with Crippen molar-refractivity contribution in [3.63, 3.8) is 0 Å². The Bertz CT molecular complexity index is 1250. The van der Waals surface area contributed by atoms with E-state index in [2.05, 4.69) is 14.9 Å². The van der Waals surface area contributed by atoms with Gasteiger partial charge in [-0.3, -0.25) is 4.79 Å². The maximum Gasteiger partial charge on any atom is 0.339 e. The number of rotatable bonds is 6. The van der Waals surface area contributed by atoms with Crippen molar-refractivity contribution in [3.05, 3.63) is 69.4 Å². The predicted molar refractivity (Wildman–Crippen MR) is 116 cm³/mol. The topological polar surface area (TPSA) is 94.3 Å². The van der Waals surface area contributed by atoms with Gasteiger partial charge in [-0.25, -0.2) is 4.79 Å². The highest BCUT2D eigenvalue weighted by Crippen LogP contribution is 2.25. The van der Waals surface area contributed by atoms with Crippen molar-refractivity contribution in [2.75, 3.05) is 12.4 Å². The highest BCUT2D eigenvalue weighted by Gasteiger charge is 2.14. The fourth-order valence-electron chi connectivity index (χ4n) is 3.27. The van der Waals surface area contributed by atoms with Crippen LogP contribution in [0.2, 0.25) is 0 Å². The summed E-state index contributed by atoms with van der Waals surface area (Å²) in [6.07, 6.45) is 0.468. The minimum absolute atomic E-state index is 0.172. The SMILES string of the molecule is COc1ccc2c(C)c(CCC(=O)Nc3ccc(-c4csnn4)cc3)c(=O)oc2c1. The van der Waals surface area contributed by atoms with Crippen molar-refractivity contribution in [3.8, 4) is 17.0 Å². The first kappa shape index (κ1) is 19.8. The van der Waals surface area contributed by atoms with Gasteiger partial charge in [0.05, 0.1) is 7.11 Å². The van der Waals surface area contributed by atoms with Crippen LogP contribution in [0.3, 0.4) is 0 Å². The van der Waals surface area contributed by atoms with Crippen molar-refractivity contribution in [1.29, 1.82) is 0 Å². The molecule has 7 nitrogen and oxygen atoms in total. The summed E-state index contributed by atoms with van der Waals surface area (Å²) in [4.78, 5) is 24.8. The van der Waals surface area contributed by atoms with Gasteiger partial charge < -0.3 is 14.5 Å². The molecule has 8 heteroatoms. The number of nitrogens with zero attached hydrogens (tertiary/aromatic N) is 2. The molecule has 1 amide bonds. The summed E-state index contributed by atoms with van der Waals surface area (Å²) in [5.74, 6) is 0.445. The lowest BCUT2D eigenvalue weighted by molar-refractivity contribution is -0.116. The van der Waals surface area contributed by atoms with E-state index in [0.717, 1.165) is 22.2 Å². The molecule has 2 aromatic carbocycles. The maximum absolute atomic E-state index is 12.4. The maximum atomic E-state index is 12.4. The number of nitrogens with one attached hydrogen (secondary N) is 1. The number of methoxy groups -OCH3 is 1. The zero-order valence-corrected chi connectivity index (χ0v) is 17.3. The number of aryl methyl sites for hydroxylation is 1. The van der Waals surface area contributed by atoms with Crippen molar-refractivity contribution in [2.24, 2.45) is 0 Å². The fourth-order valence-corrected chi connectivity index (χ4v) is 3.73. The van der Waals surface area contributed by atoms with Gasteiger partial charge in [0.15, 0.2) is 0 Å². The second kappa shape index (κ2) is 8.46. The minimum Gasteiger partial charge on any atom is -0.497 e. The highest BCUT2D eigenvalue weighted by molar-refractivity contribution is 7.03. The third-order valence-corrected chi connectivity index (χ3v) is 5.43. The van der Waals surface area contributed by atoms with Crippen LogP contribution in [-0.2, 0) is 11.2 Å². The van der Waals surface area contributed by atoms with Gasteiger partial charge in [0.1, 0.15) is 17.0 Å². The molecule has 2 aromatic heterocycles. The third kappa shape index (κ3) is 4.08. The lowest BCUT2D eigenvalue weighted by atomic mass is 10.0. The van der Waals surface area contributed by atoms with E-state index in [1.807, 2.05) is 48.7 Å². The Morgan fingerprint density at radius 2 is 2.00 bits per heavy atom. The summed E-state index contributed by atoms with van der Waals surface area (Å²) >= 11 is 1.29. The van der Waals surface area contributed by atoms with E-state index >= 15 is 0 Å². The van der Waals surface area contributed by atoms with Crippen LogP contribution in [0, 0.1) is 6.92 Å². The molecule has 152 valence electrons. The van der Waals surface area contributed by atoms with Crippen LogP contribution in [0.25, 0.3) is 22.2 Å². The average Bonchev–Trinajstić information content (AvgIpc) is 3.28. The molecule has 30 heavy (non-hydrogen) atoms. The summed E-state index contributed by atoms with van der Waals surface area (Å²) in [6, 6.07) is 12.7. The summed E-state index contributed by atoms with van der Waals surface area (Å²) in [5.41, 5.74) is 3.79. The van der Waals surface area contributed by atoms with Crippen LogP contribution in [0.15, 0.2) is 57.1 Å². The number of aromatic nitrogens is 2. The first-order valence-electron chi connectivity index (χ1n) is 9.33. The number of fused-ring (bicyclic) bond motifs is 1. The number of carbonyl (C=O) groups excluding carboxylic acids is 1. The number of anilines is 1. The molecule has 0 unspecified atom stereocenters. The van der Waals surface area contributed by atoms with E-state index < -0.39 is 5.63 Å². The molecule has 1 N–H and O–H groups in total. The largest absolute Gasteiger partial charge is 0.497 e. The smallest absolute Gasteiger partial charge is 0.339 e. The number of carbonyl (C=O) groups is 1. The lowest BCUT2D eigenvalue weighted by Gasteiger charge is -2.09. The van der Waals surface area contributed by atoms with E-state index in [4.69, 9.17) is 9.15 Å². The second-order valence-electron chi connectivity index (χ2n) is 6.77. The number of amides is 1. The van der Waals surface area contributed by atoms with Crippen LogP contribution in [0.5, 0.6) is 5.75 Å². The molecular formula is C22H19N3O4S. The molecule has 0 bridgehead atoms. The van der Waals surface area contributed by atoms with Gasteiger partial charge in [-0.1, -0.05) is 16.6 Å². The second-order valence-corrected chi connectivity index (χ2v) is 7.38. The zero-order chi connectivity index (χ0) is 21.1. The molecule has 0 aliphatic carbocycles. The number of hydrogen-bond donors (Lipinski definition) is 1. The molecule has 0 atom stereocenters. The molecule has 0 saturated carbocycles. The van der Waals surface area contributed by atoms with Gasteiger partial charge in [-0.15, -0.1) is 5.10 Å². The van der Waals surface area contributed by atoms with Crippen LogP contribution in [0.1, 0.15) is 17.5 Å². The van der Waals surface area contributed by atoms with E-state index in [9.17, 15) is 9.59 Å². The van der Waals surface area contributed by atoms with Gasteiger partial charge in [0.25, 0.3) is 0 Å². The van der Waals surface area contributed by atoms with Gasteiger partial charge in [0, 0.05) is 40.1 Å². The molecule has 4 aromatic rings. The van der Waals surface area contributed by atoms with Crippen LogP contribution < -0.4 is 15.7 Å². The first-order chi connectivity index (χ1) is 14.5. The van der Waals surface area contributed by atoms with E-state index in [0.29, 0.717) is 29.0 Å². The lowest BCUT2D eigenvalue weighted by Crippen LogP contribution is -2.16. The van der Waals surface area contributed by atoms with Crippen molar-refractivity contribution in [2.45, 2.75) is 19.8 Å². The Hall–Kier alpha value is -3.52. The summed E-state index contributed by atoms with van der Waals surface area (Å²) in [7, 11) is 1.56. The molecule has 0 saturated heterocycles. The Kier molecular flexibility index (Phi) is 5.58. The average molecular weight is 421 g/mol. The monoisotopic (exact) mass is 421 g/mol. The van der Waals surface area contributed by atoms with Crippen molar-refractivity contribution in [1.82, 2.24) is 9.59 Å². The third-order valence-electron chi connectivity index (χ3n) is 4.92. The zero-order valence-electron chi connectivity index (χ0n) is 16.5. The predicted octanol–water partition coefficient (Wildman–Crippen LogP) is 4.20. The first-order valence-corrected chi connectivity index (χ1v) is 10.2. The molecule has 0 spiro atoms. The standard InChI is InChI=1S/C22H19N3O4S/c1-13-17-8-7-16(28-2)11-20(17)29-22(27)18(13)9-10-21(26)23-15-5-3-14(4-6-15)19-12-30-25-24-19/h3-8,11-12H,9-10H2,1-2H3,(H,23,26). The quantitative estimate of drug-likeness (QED) is 0.469. The highest BCUT2D eigenvalue weighted by atomic mass is 32.1. The minimum atomic E-state index is -0.428. The summed E-state index contributed by atoms with van der Waals surface area (Å²) in [5, 5.41) is 9.57. The molecule has 0 aliphatic rings. The molecule has 2 heterocycles. The van der Waals surface area contributed by atoms with E-state index in [-0.39, 0.29) is 12.3 Å². The Morgan fingerprint density at radius 3 is 2.70 bits per heavy atom. The Morgan fingerprint density at radius 1 is 1.20 bits per heavy atom. The molecule has 4 rings (SSSR count). The molecule has 0 aliphatic heterocycles. The van der Waals surface area contributed by atoms with Crippen LogP contribution >= 0.6 is 11.5 Å². The number of ether oxygens (including phenoxy) is 1. The Labute approximate surface area is 176 Å². The summed E-state index contributed by atoms with van der Waals surface area (Å²) in [6.45, 7) is 1.87. The van der Waals surface area contributed by atoms with Gasteiger partial charge in [-0.05, 0) is 54.7 Å². The van der Waals surface area contributed by atoms with Crippen LogP contribution in [-0.4, -0.2) is 22.6 Å². The normalized spacial score (nSPS) is 10.9. The molecular weight excluding hydrogens is 402 g/mol. The summed E-state index contributed by atoms with van der Waals surface area (Å²) < 4.78 is 14.5. The van der Waals surface area contributed by atoms with Crippen molar-refractivity contribution >= 4 is 34.1 Å². The Balaban J connectivity index is 1.44. The van der Waals surface area contributed by atoms with Gasteiger partial charge in [-0.2, -0.15) is 0 Å². The number of hydrogen-bond acceptors (Lipinski definition) is 7.